The van der Waals surface area contributed by atoms with Crippen molar-refractivity contribution in [3.63, 3.8) is 0 Å². The molecule has 4 heteroatoms. The highest BCUT2D eigenvalue weighted by molar-refractivity contribution is 5.92. The van der Waals surface area contributed by atoms with Crippen molar-refractivity contribution in [2.75, 3.05) is 6.54 Å². The third kappa shape index (κ3) is 2.70. The first-order valence-electron chi connectivity index (χ1n) is 5.18. The molecule has 1 amide bonds. The predicted octanol–water partition coefficient (Wildman–Crippen LogP) is 1.38. The molecule has 0 aliphatic heterocycles. The molecule has 0 aliphatic rings. The number of nitrogens with zero attached hydrogens (tertiary/aromatic N) is 1. The Morgan fingerprint density at radius 3 is 2.75 bits per heavy atom. The lowest BCUT2D eigenvalue weighted by atomic mass is 10.1. The van der Waals surface area contributed by atoms with Gasteiger partial charge in [-0.05, 0) is 18.1 Å². The highest BCUT2D eigenvalue weighted by atomic mass is 16.1. The molecular weight excluding hydrogens is 202 g/mol. The molecule has 0 atom stereocenters. The number of amides is 1. The van der Waals surface area contributed by atoms with Crippen LogP contribution in [0.5, 0.6) is 0 Å². The molecule has 0 spiro atoms. The second kappa shape index (κ2) is 5.11. The van der Waals surface area contributed by atoms with Crippen molar-refractivity contribution in [1.29, 1.82) is 0 Å². The van der Waals surface area contributed by atoms with Crippen LogP contribution in [0.1, 0.15) is 16.1 Å². The van der Waals surface area contributed by atoms with Crippen molar-refractivity contribution in [3.05, 3.63) is 53.9 Å². The topological polar surface area (TPSA) is 57.8 Å². The Morgan fingerprint density at radius 2 is 2.06 bits per heavy atom. The van der Waals surface area contributed by atoms with E-state index < -0.39 is 0 Å². The van der Waals surface area contributed by atoms with Gasteiger partial charge in [0, 0.05) is 12.7 Å². The van der Waals surface area contributed by atoms with Crippen LogP contribution in [0.3, 0.4) is 0 Å². The van der Waals surface area contributed by atoms with E-state index in [4.69, 9.17) is 0 Å². The Morgan fingerprint density at radius 1 is 1.25 bits per heavy atom. The molecule has 1 aromatic carbocycles. The van der Waals surface area contributed by atoms with Crippen LogP contribution in [0.2, 0.25) is 0 Å². The second-order valence-electron chi connectivity index (χ2n) is 3.46. The number of nitrogens with one attached hydrogen (secondary N) is 2. The average Bonchev–Trinajstić information content (AvgIpc) is 2.84. The molecule has 0 unspecified atom stereocenters. The molecule has 16 heavy (non-hydrogen) atoms. The molecular formula is C12H13N3O. The van der Waals surface area contributed by atoms with Gasteiger partial charge in [-0.1, -0.05) is 30.3 Å². The Bertz CT molecular complexity index is 437. The van der Waals surface area contributed by atoms with Crippen molar-refractivity contribution < 1.29 is 4.79 Å². The zero-order valence-electron chi connectivity index (χ0n) is 8.81. The summed E-state index contributed by atoms with van der Waals surface area (Å²) in [4.78, 5) is 11.5. The lowest BCUT2D eigenvalue weighted by Gasteiger charge is -2.03. The van der Waals surface area contributed by atoms with Crippen LogP contribution in [0.15, 0.2) is 42.6 Å². The predicted molar refractivity (Wildman–Crippen MR) is 61.1 cm³/mol. The van der Waals surface area contributed by atoms with Gasteiger partial charge in [-0.25, -0.2) is 0 Å². The van der Waals surface area contributed by atoms with Crippen LogP contribution >= 0.6 is 0 Å². The van der Waals surface area contributed by atoms with Gasteiger partial charge in [-0.2, -0.15) is 5.10 Å². The molecule has 82 valence electrons. The number of rotatable bonds is 4. The van der Waals surface area contributed by atoms with Crippen molar-refractivity contribution in [2.45, 2.75) is 6.42 Å². The maximum atomic E-state index is 11.5. The van der Waals surface area contributed by atoms with Crippen LogP contribution in [0.4, 0.5) is 0 Å². The van der Waals surface area contributed by atoms with E-state index in [1.807, 2.05) is 30.3 Å². The summed E-state index contributed by atoms with van der Waals surface area (Å²) >= 11 is 0. The minimum Gasteiger partial charge on any atom is -0.350 e. The maximum Gasteiger partial charge on any atom is 0.269 e. The summed E-state index contributed by atoms with van der Waals surface area (Å²) in [6.07, 6.45) is 2.40. The van der Waals surface area contributed by atoms with Crippen molar-refractivity contribution in [2.24, 2.45) is 0 Å². The normalized spacial score (nSPS) is 10.0. The average molecular weight is 215 g/mol. The summed E-state index contributed by atoms with van der Waals surface area (Å²) < 4.78 is 0. The Kier molecular flexibility index (Phi) is 3.33. The number of carbonyl (C=O) groups excluding carboxylic acids is 1. The molecule has 0 saturated carbocycles. The number of aromatic amines is 1. The fourth-order valence-electron chi connectivity index (χ4n) is 1.44. The van der Waals surface area contributed by atoms with E-state index in [2.05, 4.69) is 15.5 Å². The van der Waals surface area contributed by atoms with Crippen LogP contribution < -0.4 is 5.32 Å². The van der Waals surface area contributed by atoms with Crippen LogP contribution in [0, 0.1) is 0 Å². The summed E-state index contributed by atoms with van der Waals surface area (Å²) in [6.45, 7) is 0.627. The lowest BCUT2D eigenvalue weighted by molar-refractivity contribution is 0.0949. The van der Waals surface area contributed by atoms with Gasteiger partial charge < -0.3 is 5.32 Å². The zero-order valence-corrected chi connectivity index (χ0v) is 8.81. The molecule has 1 aromatic heterocycles. The maximum absolute atomic E-state index is 11.5. The van der Waals surface area contributed by atoms with Crippen molar-refractivity contribution in [1.82, 2.24) is 15.5 Å². The molecule has 2 N–H and O–H groups in total. The Labute approximate surface area is 93.7 Å². The first-order valence-corrected chi connectivity index (χ1v) is 5.18. The summed E-state index contributed by atoms with van der Waals surface area (Å²) in [5, 5.41) is 9.17. The largest absolute Gasteiger partial charge is 0.350 e. The van der Waals surface area contributed by atoms with Crippen molar-refractivity contribution in [3.8, 4) is 0 Å². The standard InChI is InChI=1S/C12H13N3O/c16-12(11-7-9-14-15-11)13-8-6-10-4-2-1-3-5-10/h1-5,7,9H,6,8H2,(H,13,16)(H,14,15). The van der Waals surface area contributed by atoms with E-state index in [1.165, 1.54) is 5.56 Å². The number of carbonyl (C=O) groups is 1. The highest BCUT2D eigenvalue weighted by Gasteiger charge is 2.04. The van der Waals surface area contributed by atoms with E-state index in [0.29, 0.717) is 12.2 Å². The van der Waals surface area contributed by atoms with Gasteiger partial charge in [0.15, 0.2) is 0 Å². The summed E-state index contributed by atoms with van der Waals surface area (Å²) in [5.41, 5.74) is 1.71. The molecule has 0 aliphatic carbocycles. The van der Waals surface area contributed by atoms with Crippen LogP contribution in [-0.2, 0) is 6.42 Å². The van der Waals surface area contributed by atoms with Gasteiger partial charge in [0.2, 0.25) is 0 Å². The molecule has 0 fully saturated rings. The third-order valence-electron chi connectivity index (χ3n) is 2.29. The summed E-state index contributed by atoms with van der Waals surface area (Å²) in [5.74, 6) is -0.117. The fraction of sp³-hybridized carbons (Fsp3) is 0.167. The number of hydrogen-bond donors (Lipinski definition) is 2. The summed E-state index contributed by atoms with van der Waals surface area (Å²) in [6, 6.07) is 11.7. The molecule has 4 nitrogen and oxygen atoms in total. The summed E-state index contributed by atoms with van der Waals surface area (Å²) in [7, 11) is 0. The fourth-order valence-corrected chi connectivity index (χ4v) is 1.44. The molecule has 0 radical (unpaired) electrons. The molecule has 0 bridgehead atoms. The first kappa shape index (κ1) is 10.4. The SMILES string of the molecule is O=C(NCCc1ccccc1)c1ccn[nH]1. The van der Waals surface area contributed by atoms with E-state index in [1.54, 1.807) is 12.3 Å². The lowest BCUT2D eigenvalue weighted by Crippen LogP contribution is -2.25. The monoisotopic (exact) mass is 215 g/mol. The quantitative estimate of drug-likeness (QED) is 0.809. The van der Waals surface area contributed by atoms with Crippen LogP contribution in [0.25, 0.3) is 0 Å². The van der Waals surface area contributed by atoms with Gasteiger partial charge in [-0.3, -0.25) is 9.89 Å². The van der Waals surface area contributed by atoms with Gasteiger partial charge in [0.1, 0.15) is 5.69 Å². The third-order valence-corrected chi connectivity index (χ3v) is 2.29. The highest BCUT2D eigenvalue weighted by Crippen LogP contribution is 1.98. The van der Waals surface area contributed by atoms with E-state index in [-0.39, 0.29) is 5.91 Å². The van der Waals surface area contributed by atoms with E-state index in [0.717, 1.165) is 6.42 Å². The van der Waals surface area contributed by atoms with Gasteiger partial charge >= 0.3 is 0 Å². The smallest absolute Gasteiger partial charge is 0.269 e. The zero-order chi connectivity index (χ0) is 11.2. The van der Waals surface area contributed by atoms with Gasteiger partial charge in [0.05, 0.1) is 0 Å². The van der Waals surface area contributed by atoms with E-state index >= 15 is 0 Å². The minimum atomic E-state index is -0.117. The number of H-pyrrole nitrogens is 1. The minimum absolute atomic E-state index is 0.117. The molecule has 2 aromatic rings. The van der Waals surface area contributed by atoms with Gasteiger partial charge in [-0.15, -0.1) is 0 Å². The second-order valence-corrected chi connectivity index (χ2v) is 3.46. The number of aromatic nitrogens is 2. The Balaban J connectivity index is 1.79. The van der Waals surface area contributed by atoms with Crippen LogP contribution in [-0.4, -0.2) is 22.6 Å². The first-order chi connectivity index (χ1) is 7.86. The number of hydrogen-bond acceptors (Lipinski definition) is 2. The van der Waals surface area contributed by atoms with Crippen molar-refractivity contribution >= 4 is 5.91 Å². The number of benzene rings is 1. The molecule has 1 heterocycles. The van der Waals surface area contributed by atoms with E-state index in [9.17, 15) is 4.79 Å². The molecule has 2 rings (SSSR count). The Hall–Kier alpha value is -2.10. The molecule has 0 saturated heterocycles. The van der Waals surface area contributed by atoms with Gasteiger partial charge in [0.25, 0.3) is 5.91 Å².